The Balaban J connectivity index is 1.10. The lowest BCUT2D eigenvalue weighted by Gasteiger charge is -2.47. The second-order valence-corrected chi connectivity index (χ2v) is 14.4. The molecule has 1 aromatic rings. The summed E-state index contributed by atoms with van der Waals surface area (Å²) in [5.74, 6) is -0.0715. The minimum absolute atomic E-state index is 0.0162. The van der Waals surface area contributed by atoms with Crippen molar-refractivity contribution in [1.29, 1.82) is 0 Å². The first-order valence-electron chi connectivity index (χ1n) is 16.8. The first-order valence-corrected chi connectivity index (χ1v) is 16.8. The molecule has 6 unspecified atom stereocenters. The van der Waals surface area contributed by atoms with Gasteiger partial charge < -0.3 is 25.0 Å². The van der Waals surface area contributed by atoms with E-state index in [1.54, 1.807) is 0 Å². The molecule has 0 aromatic heterocycles. The van der Waals surface area contributed by atoms with Gasteiger partial charge in [0.15, 0.2) is 0 Å². The lowest BCUT2D eigenvalue weighted by atomic mass is 9.85. The number of nitrogens with zero attached hydrogens (tertiary/aromatic N) is 4. The number of carbonyl (C=O) groups is 2. The van der Waals surface area contributed by atoms with Crippen LogP contribution in [0.5, 0.6) is 0 Å². The number of piperidine rings is 1. The van der Waals surface area contributed by atoms with Crippen LogP contribution in [0.15, 0.2) is 36.4 Å². The number of hydrogen-bond donors (Lipinski definition) is 5. The predicted octanol–water partition coefficient (Wildman–Crippen LogP) is 2.59. The molecule has 5 heterocycles. The molecule has 0 spiro atoms. The molecule has 5 aliphatic heterocycles. The number of carbonyl (C=O) groups excluding carboxylic acids is 2. The number of fused-ring (bicyclic) bond motifs is 6. The molecule has 45 heavy (non-hydrogen) atoms. The SMILES string of the molecule is CC(C)(C)OC(=O)N1CCCN(c2ccc(NC3NCC4C(=O)N5C/C=C\CCC(C)(O)C6CCCC(N6)N5C4N3)cc2)CC1. The van der Waals surface area contributed by atoms with Crippen LogP contribution in [0, 0.1) is 5.92 Å². The van der Waals surface area contributed by atoms with E-state index in [1.807, 2.05) is 37.6 Å². The number of ether oxygens (including phenoxy) is 1. The Labute approximate surface area is 267 Å². The number of benzene rings is 1. The van der Waals surface area contributed by atoms with E-state index in [1.165, 1.54) is 0 Å². The maximum atomic E-state index is 13.6. The van der Waals surface area contributed by atoms with Gasteiger partial charge in [-0.2, -0.15) is 5.01 Å². The highest BCUT2D eigenvalue weighted by Crippen LogP contribution is 2.34. The van der Waals surface area contributed by atoms with E-state index in [0.29, 0.717) is 32.6 Å². The summed E-state index contributed by atoms with van der Waals surface area (Å²) in [5, 5.41) is 29.9. The fourth-order valence-electron chi connectivity index (χ4n) is 7.36. The van der Waals surface area contributed by atoms with Crippen LogP contribution < -0.4 is 26.2 Å². The Morgan fingerprint density at radius 1 is 1.04 bits per heavy atom. The molecule has 6 atom stereocenters. The number of anilines is 2. The zero-order chi connectivity index (χ0) is 31.8. The third kappa shape index (κ3) is 7.25. The monoisotopic (exact) mass is 624 g/mol. The number of hydrazine groups is 1. The van der Waals surface area contributed by atoms with Crippen LogP contribution in [0.25, 0.3) is 0 Å². The highest BCUT2D eigenvalue weighted by molar-refractivity contribution is 5.82. The summed E-state index contributed by atoms with van der Waals surface area (Å²) in [7, 11) is 0. The van der Waals surface area contributed by atoms with Crippen molar-refractivity contribution in [1.82, 2.24) is 30.9 Å². The second kappa shape index (κ2) is 13.1. The van der Waals surface area contributed by atoms with Crippen LogP contribution >= 0.6 is 0 Å². The van der Waals surface area contributed by atoms with Gasteiger partial charge in [0.2, 0.25) is 5.91 Å². The fraction of sp³-hybridized carbons (Fsp3) is 0.697. The van der Waals surface area contributed by atoms with Crippen LogP contribution in [0.3, 0.4) is 0 Å². The van der Waals surface area contributed by atoms with Crippen molar-refractivity contribution in [2.45, 2.75) is 102 Å². The number of amides is 2. The first-order chi connectivity index (χ1) is 21.5. The van der Waals surface area contributed by atoms with E-state index < -0.39 is 11.2 Å². The predicted molar refractivity (Wildman–Crippen MR) is 174 cm³/mol. The van der Waals surface area contributed by atoms with Crippen LogP contribution in [0.2, 0.25) is 0 Å². The first kappa shape index (κ1) is 32.1. The minimum atomic E-state index is -0.802. The summed E-state index contributed by atoms with van der Waals surface area (Å²) < 4.78 is 5.59. The highest BCUT2D eigenvalue weighted by atomic mass is 16.6. The summed E-state index contributed by atoms with van der Waals surface area (Å²) >= 11 is 0. The van der Waals surface area contributed by atoms with Gasteiger partial charge in [-0.1, -0.05) is 12.2 Å². The van der Waals surface area contributed by atoms with Gasteiger partial charge in [0.25, 0.3) is 0 Å². The van der Waals surface area contributed by atoms with Crippen molar-refractivity contribution in [3.05, 3.63) is 36.4 Å². The number of allylic oxidation sites excluding steroid dienone is 1. The number of aliphatic hydroxyl groups is 1. The Hall–Kier alpha value is -2.90. The quantitative estimate of drug-likeness (QED) is 0.321. The summed E-state index contributed by atoms with van der Waals surface area (Å²) in [4.78, 5) is 30.4. The largest absolute Gasteiger partial charge is 0.444 e. The maximum absolute atomic E-state index is 13.6. The van der Waals surface area contributed by atoms with Crippen molar-refractivity contribution < 1.29 is 19.4 Å². The van der Waals surface area contributed by atoms with Crippen LogP contribution in [0.4, 0.5) is 16.2 Å². The van der Waals surface area contributed by atoms with E-state index in [9.17, 15) is 14.7 Å². The Kier molecular flexibility index (Phi) is 9.31. The molecular formula is C33H52N8O4. The van der Waals surface area contributed by atoms with Gasteiger partial charge >= 0.3 is 6.09 Å². The second-order valence-electron chi connectivity index (χ2n) is 14.4. The van der Waals surface area contributed by atoms with E-state index in [2.05, 4.69) is 67.6 Å². The minimum Gasteiger partial charge on any atom is -0.444 e. The molecule has 4 saturated heterocycles. The summed E-state index contributed by atoms with van der Waals surface area (Å²) in [6.07, 6.45) is 8.71. The molecule has 12 nitrogen and oxygen atoms in total. The van der Waals surface area contributed by atoms with Gasteiger partial charge in [-0.25, -0.2) is 4.79 Å². The number of hydrogen-bond acceptors (Lipinski definition) is 10. The van der Waals surface area contributed by atoms with Gasteiger partial charge in [0.05, 0.1) is 30.4 Å². The Bertz CT molecular complexity index is 1230. The molecule has 6 rings (SSSR count). The van der Waals surface area contributed by atoms with E-state index in [0.717, 1.165) is 56.6 Å². The summed E-state index contributed by atoms with van der Waals surface area (Å²) in [6.45, 7) is 11.7. The van der Waals surface area contributed by atoms with E-state index in [4.69, 9.17) is 4.74 Å². The number of nitrogens with one attached hydrogen (secondary N) is 4. The molecule has 5 aliphatic rings. The van der Waals surface area contributed by atoms with Gasteiger partial charge in [-0.15, -0.1) is 0 Å². The molecule has 2 amide bonds. The lowest BCUT2D eigenvalue weighted by Crippen LogP contribution is -2.69. The van der Waals surface area contributed by atoms with Gasteiger partial charge in [0.1, 0.15) is 11.9 Å². The van der Waals surface area contributed by atoms with Gasteiger partial charge in [-0.05, 0) is 90.5 Å². The summed E-state index contributed by atoms with van der Waals surface area (Å²) in [5.41, 5.74) is 0.797. The average Bonchev–Trinajstić information content (AvgIpc) is 3.13. The van der Waals surface area contributed by atoms with E-state index >= 15 is 0 Å². The fourth-order valence-corrected chi connectivity index (χ4v) is 7.36. The van der Waals surface area contributed by atoms with Crippen LogP contribution in [-0.2, 0) is 9.53 Å². The molecule has 5 N–H and O–H groups in total. The molecule has 4 fully saturated rings. The molecule has 1 aromatic carbocycles. The molecule has 0 radical (unpaired) electrons. The van der Waals surface area contributed by atoms with Crippen molar-refractivity contribution in [3.8, 4) is 0 Å². The maximum Gasteiger partial charge on any atom is 0.410 e. The third-order valence-corrected chi connectivity index (χ3v) is 9.78. The van der Waals surface area contributed by atoms with Crippen LogP contribution in [-0.4, -0.2) is 107 Å². The Morgan fingerprint density at radius 3 is 2.62 bits per heavy atom. The number of rotatable bonds is 3. The summed E-state index contributed by atoms with van der Waals surface area (Å²) in [6, 6.07) is 8.39. The molecule has 248 valence electrons. The van der Waals surface area contributed by atoms with Gasteiger partial charge in [0, 0.05) is 50.1 Å². The highest BCUT2D eigenvalue weighted by Gasteiger charge is 2.52. The van der Waals surface area contributed by atoms with Crippen molar-refractivity contribution in [2.75, 3.05) is 49.5 Å². The molecule has 12 heteroatoms. The zero-order valence-corrected chi connectivity index (χ0v) is 27.3. The Morgan fingerprint density at radius 2 is 1.84 bits per heavy atom. The molecule has 0 saturated carbocycles. The van der Waals surface area contributed by atoms with Crippen molar-refractivity contribution >= 4 is 23.4 Å². The van der Waals surface area contributed by atoms with E-state index in [-0.39, 0.29) is 42.6 Å². The average molecular weight is 625 g/mol. The van der Waals surface area contributed by atoms with Crippen molar-refractivity contribution in [2.24, 2.45) is 5.92 Å². The van der Waals surface area contributed by atoms with Crippen molar-refractivity contribution in [3.63, 3.8) is 0 Å². The topological polar surface area (TPSA) is 125 Å². The third-order valence-electron chi connectivity index (χ3n) is 9.78. The molecule has 0 aliphatic carbocycles. The molecular weight excluding hydrogens is 572 g/mol. The normalized spacial score (nSPS) is 33.8. The smallest absolute Gasteiger partial charge is 0.410 e. The lowest BCUT2D eigenvalue weighted by molar-refractivity contribution is -0.146. The zero-order valence-electron chi connectivity index (χ0n) is 27.3. The van der Waals surface area contributed by atoms with Gasteiger partial charge in [-0.3, -0.25) is 25.8 Å². The molecule has 2 bridgehead atoms. The van der Waals surface area contributed by atoms with Crippen LogP contribution in [0.1, 0.15) is 66.2 Å². The standard InChI is InChI=1S/C33H52N8O4/c1-32(2,3)45-31(43)39-18-9-17-38(20-21-39)24-14-12-23(13-15-24)35-30-34-22-25-28(37-30)41-27-11-8-10-26(36-27)33(4,44)16-6-5-7-19-40(41)29(25)42/h5,7,12-15,25-28,30,34-37,44H,6,8-11,16-22H2,1-4H3/b7-5-.